The molecule has 1 aliphatic rings. The number of likely N-dealkylation sites (tertiary alicyclic amines) is 1. The molecular formula is C20H34N4O3. The molecule has 1 heterocycles. The molecule has 152 valence electrons. The third-order valence-electron chi connectivity index (χ3n) is 4.97. The van der Waals surface area contributed by atoms with E-state index in [2.05, 4.69) is 27.4 Å². The maximum atomic E-state index is 10.5. The summed E-state index contributed by atoms with van der Waals surface area (Å²) >= 11 is 0. The minimum atomic E-state index is -0.709. The number of hydrogen-bond acceptors (Lipinski definition) is 5. The lowest BCUT2D eigenvalue weighted by Gasteiger charge is -2.24. The van der Waals surface area contributed by atoms with E-state index in [9.17, 15) is 5.11 Å². The predicted octanol–water partition coefficient (Wildman–Crippen LogP) is 1.78. The highest BCUT2D eigenvalue weighted by Gasteiger charge is 2.22. The molecule has 1 fully saturated rings. The number of aliphatic imine (C=N–C) groups is 1. The number of nitrogens with one attached hydrogen (secondary N) is 2. The second-order valence-corrected chi connectivity index (χ2v) is 6.66. The lowest BCUT2D eigenvalue weighted by molar-refractivity contribution is 0.186. The van der Waals surface area contributed by atoms with E-state index >= 15 is 0 Å². The molecule has 0 saturated carbocycles. The average molecular weight is 379 g/mol. The summed E-state index contributed by atoms with van der Waals surface area (Å²) in [6, 6.07) is 5.97. The Labute approximate surface area is 162 Å². The molecule has 0 radical (unpaired) electrons. The van der Waals surface area contributed by atoms with Crippen molar-refractivity contribution in [3.63, 3.8) is 0 Å². The van der Waals surface area contributed by atoms with Gasteiger partial charge >= 0.3 is 0 Å². The summed E-state index contributed by atoms with van der Waals surface area (Å²) in [6.07, 6.45) is 1.76. The van der Waals surface area contributed by atoms with Crippen LogP contribution in [0.25, 0.3) is 0 Å². The number of hydrogen-bond donors (Lipinski definition) is 3. The van der Waals surface area contributed by atoms with Gasteiger partial charge in [0.05, 0.1) is 26.9 Å². The SMILES string of the molecule is CCNC(=NCC(O)c1ccc(OC)c(OC)c1)NCC1CCCN1CC. The number of guanidine groups is 1. The largest absolute Gasteiger partial charge is 0.493 e. The van der Waals surface area contributed by atoms with Crippen LogP contribution < -0.4 is 20.1 Å². The second kappa shape index (κ2) is 11.0. The minimum absolute atomic E-state index is 0.271. The summed E-state index contributed by atoms with van der Waals surface area (Å²) < 4.78 is 10.5. The van der Waals surface area contributed by atoms with Crippen molar-refractivity contribution in [3.05, 3.63) is 23.8 Å². The van der Waals surface area contributed by atoms with E-state index in [1.54, 1.807) is 26.4 Å². The molecule has 2 atom stereocenters. The monoisotopic (exact) mass is 378 g/mol. The fraction of sp³-hybridized carbons (Fsp3) is 0.650. The third kappa shape index (κ3) is 6.01. The molecule has 27 heavy (non-hydrogen) atoms. The van der Waals surface area contributed by atoms with Gasteiger partial charge in [-0.2, -0.15) is 0 Å². The van der Waals surface area contributed by atoms with Crippen LogP contribution in [0.4, 0.5) is 0 Å². The Kier molecular flexibility index (Phi) is 8.67. The molecule has 1 aromatic carbocycles. The number of likely N-dealkylation sites (N-methyl/N-ethyl adjacent to an activating group) is 1. The number of aliphatic hydroxyl groups is 1. The zero-order valence-corrected chi connectivity index (χ0v) is 17.0. The van der Waals surface area contributed by atoms with Crippen LogP contribution in [0.5, 0.6) is 11.5 Å². The summed E-state index contributed by atoms with van der Waals surface area (Å²) in [6.45, 7) is 8.42. The van der Waals surface area contributed by atoms with Gasteiger partial charge in [-0.05, 0) is 50.6 Å². The summed E-state index contributed by atoms with van der Waals surface area (Å²) in [5.74, 6) is 1.98. The Morgan fingerprint density at radius 2 is 2.04 bits per heavy atom. The maximum Gasteiger partial charge on any atom is 0.191 e. The summed E-state index contributed by atoms with van der Waals surface area (Å²) in [5, 5.41) is 17.2. The maximum absolute atomic E-state index is 10.5. The molecule has 2 unspecified atom stereocenters. The molecule has 0 spiro atoms. The van der Waals surface area contributed by atoms with Crippen molar-refractivity contribution in [3.8, 4) is 11.5 Å². The Hall–Kier alpha value is -1.99. The van der Waals surface area contributed by atoms with E-state index in [0.717, 1.165) is 31.2 Å². The molecule has 1 aliphatic heterocycles. The number of methoxy groups -OCH3 is 2. The van der Waals surface area contributed by atoms with Gasteiger partial charge in [0, 0.05) is 19.1 Å². The zero-order valence-electron chi connectivity index (χ0n) is 17.0. The zero-order chi connectivity index (χ0) is 19.6. The molecule has 0 aliphatic carbocycles. The van der Waals surface area contributed by atoms with E-state index in [1.807, 2.05) is 13.0 Å². The van der Waals surface area contributed by atoms with Crippen LogP contribution in [-0.2, 0) is 0 Å². The molecule has 0 aromatic heterocycles. The Balaban J connectivity index is 1.96. The molecule has 0 bridgehead atoms. The van der Waals surface area contributed by atoms with E-state index in [0.29, 0.717) is 17.5 Å². The van der Waals surface area contributed by atoms with Gasteiger partial charge in [0.2, 0.25) is 0 Å². The predicted molar refractivity (Wildman–Crippen MR) is 109 cm³/mol. The minimum Gasteiger partial charge on any atom is -0.493 e. The fourth-order valence-corrected chi connectivity index (χ4v) is 3.44. The Morgan fingerprint density at radius 1 is 1.26 bits per heavy atom. The fourth-order valence-electron chi connectivity index (χ4n) is 3.44. The van der Waals surface area contributed by atoms with Crippen molar-refractivity contribution in [2.45, 2.75) is 38.8 Å². The van der Waals surface area contributed by atoms with Crippen molar-refractivity contribution < 1.29 is 14.6 Å². The summed E-state index contributed by atoms with van der Waals surface area (Å²) in [5.41, 5.74) is 0.750. The molecule has 7 nitrogen and oxygen atoms in total. The van der Waals surface area contributed by atoms with E-state index < -0.39 is 6.10 Å². The average Bonchev–Trinajstić information content (AvgIpc) is 3.16. The molecule has 1 aromatic rings. The molecular weight excluding hydrogens is 344 g/mol. The van der Waals surface area contributed by atoms with Crippen molar-refractivity contribution in [1.82, 2.24) is 15.5 Å². The molecule has 7 heteroatoms. The number of benzene rings is 1. The third-order valence-corrected chi connectivity index (χ3v) is 4.97. The van der Waals surface area contributed by atoms with Crippen molar-refractivity contribution >= 4 is 5.96 Å². The van der Waals surface area contributed by atoms with E-state index in [1.165, 1.54) is 19.4 Å². The molecule has 2 rings (SSSR count). The van der Waals surface area contributed by atoms with Crippen molar-refractivity contribution in [1.29, 1.82) is 0 Å². The van der Waals surface area contributed by atoms with Crippen molar-refractivity contribution in [2.75, 3.05) is 46.9 Å². The van der Waals surface area contributed by atoms with Crippen LogP contribution in [0.1, 0.15) is 38.4 Å². The summed E-state index contributed by atoms with van der Waals surface area (Å²) in [7, 11) is 3.18. The van der Waals surface area contributed by atoms with Crippen LogP contribution in [0.2, 0.25) is 0 Å². The first kappa shape index (κ1) is 21.3. The standard InChI is InChI=1S/C20H34N4O3/c1-5-21-20(22-13-16-8-7-11-24(16)6-2)23-14-17(25)15-9-10-18(26-3)19(12-15)27-4/h9-10,12,16-17,25H,5-8,11,13-14H2,1-4H3,(H2,21,22,23). The highest BCUT2D eigenvalue weighted by Crippen LogP contribution is 2.30. The van der Waals surface area contributed by atoms with Crippen LogP contribution >= 0.6 is 0 Å². The topological polar surface area (TPSA) is 78.4 Å². The van der Waals surface area contributed by atoms with Crippen LogP contribution in [0, 0.1) is 0 Å². The molecule has 3 N–H and O–H groups in total. The molecule has 0 amide bonds. The lowest BCUT2D eigenvalue weighted by Crippen LogP contribution is -2.45. The van der Waals surface area contributed by atoms with Gasteiger partial charge in [0.25, 0.3) is 0 Å². The Morgan fingerprint density at radius 3 is 2.70 bits per heavy atom. The normalized spacial score (nSPS) is 19.0. The van der Waals surface area contributed by atoms with Crippen LogP contribution in [-0.4, -0.2) is 69.0 Å². The summed E-state index contributed by atoms with van der Waals surface area (Å²) in [4.78, 5) is 7.05. The smallest absolute Gasteiger partial charge is 0.191 e. The van der Waals surface area contributed by atoms with E-state index in [-0.39, 0.29) is 6.54 Å². The van der Waals surface area contributed by atoms with Gasteiger partial charge in [0.1, 0.15) is 0 Å². The van der Waals surface area contributed by atoms with Gasteiger partial charge in [-0.1, -0.05) is 13.0 Å². The quantitative estimate of drug-likeness (QED) is 0.449. The first-order valence-corrected chi connectivity index (χ1v) is 9.79. The first-order chi connectivity index (χ1) is 13.1. The highest BCUT2D eigenvalue weighted by atomic mass is 16.5. The van der Waals surface area contributed by atoms with Crippen molar-refractivity contribution in [2.24, 2.45) is 4.99 Å². The van der Waals surface area contributed by atoms with Gasteiger partial charge in [-0.15, -0.1) is 0 Å². The number of ether oxygens (including phenoxy) is 2. The van der Waals surface area contributed by atoms with Gasteiger partial charge in [-0.25, -0.2) is 0 Å². The van der Waals surface area contributed by atoms with Gasteiger partial charge in [0.15, 0.2) is 17.5 Å². The molecule has 1 saturated heterocycles. The van der Waals surface area contributed by atoms with Gasteiger partial charge < -0.3 is 25.2 Å². The van der Waals surface area contributed by atoms with Crippen LogP contribution in [0.15, 0.2) is 23.2 Å². The number of rotatable bonds is 9. The second-order valence-electron chi connectivity index (χ2n) is 6.66. The number of nitrogens with zero attached hydrogens (tertiary/aromatic N) is 2. The lowest BCUT2D eigenvalue weighted by atomic mass is 10.1. The number of aliphatic hydroxyl groups excluding tert-OH is 1. The van der Waals surface area contributed by atoms with Crippen LogP contribution in [0.3, 0.4) is 0 Å². The first-order valence-electron chi connectivity index (χ1n) is 9.79. The van der Waals surface area contributed by atoms with E-state index in [4.69, 9.17) is 9.47 Å². The highest BCUT2D eigenvalue weighted by molar-refractivity contribution is 5.79. The Bertz CT molecular complexity index is 609. The van der Waals surface area contributed by atoms with Gasteiger partial charge in [-0.3, -0.25) is 9.89 Å².